The maximum atomic E-state index is 11.7. The standard InChI is InChI=1S/C12H23N3O4/c1-13(2)3-4-14-5-7-15(8-6-14)11(16)9-19-10-12(17)18/h3-10H2,1-2H3,(H,17,18). The first-order valence-corrected chi connectivity index (χ1v) is 6.43. The summed E-state index contributed by atoms with van der Waals surface area (Å²) in [5, 5.41) is 8.41. The maximum Gasteiger partial charge on any atom is 0.329 e. The SMILES string of the molecule is CN(C)CCN1CCN(C(=O)COCC(=O)O)CC1. The lowest BCUT2D eigenvalue weighted by Crippen LogP contribution is -2.50. The second-order valence-corrected chi connectivity index (χ2v) is 4.91. The molecule has 7 nitrogen and oxygen atoms in total. The van der Waals surface area contributed by atoms with Crippen LogP contribution in [0.25, 0.3) is 0 Å². The lowest BCUT2D eigenvalue weighted by atomic mass is 10.3. The fourth-order valence-electron chi connectivity index (χ4n) is 1.88. The van der Waals surface area contributed by atoms with Crippen molar-refractivity contribution in [2.45, 2.75) is 0 Å². The van der Waals surface area contributed by atoms with Gasteiger partial charge in [0.15, 0.2) is 0 Å². The first kappa shape index (κ1) is 15.9. The molecule has 0 spiro atoms. The van der Waals surface area contributed by atoms with Gasteiger partial charge in [-0.25, -0.2) is 4.79 Å². The molecule has 1 saturated heterocycles. The fourth-order valence-corrected chi connectivity index (χ4v) is 1.88. The molecule has 110 valence electrons. The molecular formula is C12H23N3O4. The third-order valence-corrected chi connectivity index (χ3v) is 3.04. The van der Waals surface area contributed by atoms with Crippen LogP contribution < -0.4 is 0 Å². The van der Waals surface area contributed by atoms with Crippen LogP contribution in [0.1, 0.15) is 0 Å². The van der Waals surface area contributed by atoms with Crippen molar-refractivity contribution in [3.8, 4) is 0 Å². The van der Waals surface area contributed by atoms with Crippen LogP contribution in [-0.4, -0.2) is 98.3 Å². The number of carbonyl (C=O) groups excluding carboxylic acids is 1. The van der Waals surface area contributed by atoms with E-state index < -0.39 is 12.6 Å². The molecule has 0 atom stereocenters. The van der Waals surface area contributed by atoms with Crippen LogP contribution in [0.4, 0.5) is 0 Å². The molecule has 0 aromatic heterocycles. The Labute approximate surface area is 113 Å². The van der Waals surface area contributed by atoms with E-state index in [9.17, 15) is 9.59 Å². The Morgan fingerprint density at radius 3 is 2.32 bits per heavy atom. The molecule has 0 radical (unpaired) electrons. The first-order valence-electron chi connectivity index (χ1n) is 6.43. The number of ether oxygens (including phenoxy) is 1. The molecule has 0 aliphatic carbocycles. The Bertz CT molecular complexity index is 301. The lowest BCUT2D eigenvalue weighted by Gasteiger charge is -2.35. The molecular weight excluding hydrogens is 250 g/mol. The summed E-state index contributed by atoms with van der Waals surface area (Å²) in [6.07, 6.45) is 0. The minimum absolute atomic E-state index is 0.131. The molecule has 19 heavy (non-hydrogen) atoms. The minimum Gasteiger partial charge on any atom is -0.480 e. The van der Waals surface area contributed by atoms with Crippen LogP contribution in [0.2, 0.25) is 0 Å². The van der Waals surface area contributed by atoms with Gasteiger partial charge in [-0.05, 0) is 14.1 Å². The van der Waals surface area contributed by atoms with Gasteiger partial charge in [-0.2, -0.15) is 0 Å². The highest BCUT2D eigenvalue weighted by Gasteiger charge is 2.20. The number of hydrogen-bond acceptors (Lipinski definition) is 5. The van der Waals surface area contributed by atoms with E-state index >= 15 is 0 Å². The normalized spacial score (nSPS) is 16.9. The van der Waals surface area contributed by atoms with Crippen molar-refractivity contribution in [2.24, 2.45) is 0 Å². The van der Waals surface area contributed by atoms with Crippen molar-refractivity contribution in [2.75, 3.05) is 66.6 Å². The van der Waals surface area contributed by atoms with E-state index in [1.54, 1.807) is 4.90 Å². The Morgan fingerprint density at radius 1 is 1.16 bits per heavy atom. The van der Waals surface area contributed by atoms with E-state index in [0.717, 1.165) is 26.2 Å². The smallest absolute Gasteiger partial charge is 0.329 e. The van der Waals surface area contributed by atoms with Crippen molar-refractivity contribution in [1.82, 2.24) is 14.7 Å². The molecule has 1 heterocycles. The van der Waals surface area contributed by atoms with E-state index in [1.165, 1.54) is 0 Å². The quantitative estimate of drug-likeness (QED) is 0.628. The van der Waals surface area contributed by atoms with Crippen LogP contribution in [0.3, 0.4) is 0 Å². The average Bonchev–Trinajstić information content (AvgIpc) is 2.36. The summed E-state index contributed by atoms with van der Waals surface area (Å²) in [6, 6.07) is 0. The highest BCUT2D eigenvalue weighted by molar-refractivity contribution is 5.78. The molecule has 7 heteroatoms. The van der Waals surface area contributed by atoms with Gasteiger partial charge in [-0.15, -0.1) is 0 Å². The zero-order chi connectivity index (χ0) is 14.3. The van der Waals surface area contributed by atoms with Crippen molar-refractivity contribution >= 4 is 11.9 Å². The number of aliphatic carboxylic acids is 1. The van der Waals surface area contributed by atoms with Crippen molar-refractivity contribution in [3.63, 3.8) is 0 Å². The molecule has 1 fully saturated rings. The third kappa shape index (κ3) is 6.51. The second kappa shape index (κ2) is 8.08. The Hall–Kier alpha value is -1.18. The van der Waals surface area contributed by atoms with Crippen LogP contribution in [0.5, 0.6) is 0 Å². The molecule has 1 aliphatic heterocycles. The van der Waals surface area contributed by atoms with Crippen molar-refractivity contribution < 1.29 is 19.4 Å². The third-order valence-electron chi connectivity index (χ3n) is 3.04. The molecule has 1 rings (SSSR count). The lowest BCUT2D eigenvalue weighted by molar-refractivity contribution is -0.146. The Kier molecular flexibility index (Phi) is 6.75. The van der Waals surface area contributed by atoms with Crippen molar-refractivity contribution in [1.29, 1.82) is 0 Å². The van der Waals surface area contributed by atoms with Gasteiger partial charge < -0.3 is 19.6 Å². The zero-order valence-corrected chi connectivity index (χ0v) is 11.7. The maximum absolute atomic E-state index is 11.7. The number of likely N-dealkylation sites (N-methyl/N-ethyl adjacent to an activating group) is 1. The van der Waals surface area contributed by atoms with Crippen molar-refractivity contribution in [3.05, 3.63) is 0 Å². The monoisotopic (exact) mass is 273 g/mol. The molecule has 0 saturated carbocycles. The van der Waals surface area contributed by atoms with Crippen LogP contribution >= 0.6 is 0 Å². The summed E-state index contributed by atoms with van der Waals surface area (Å²) >= 11 is 0. The van der Waals surface area contributed by atoms with E-state index in [4.69, 9.17) is 9.84 Å². The Balaban J connectivity index is 2.18. The number of rotatable bonds is 7. The van der Waals surface area contributed by atoms with Gasteiger partial charge >= 0.3 is 5.97 Å². The average molecular weight is 273 g/mol. The van der Waals surface area contributed by atoms with E-state index in [2.05, 4.69) is 9.80 Å². The predicted molar refractivity (Wildman–Crippen MR) is 70.0 cm³/mol. The van der Waals surface area contributed by atoms with Gasteiger partial charge in [-0.1, -0.05) is 0 Å². The summed E-state index contributed by atoms with van der Waals surface area (Å²) < 4.78 is 4.80. The fraction of sp³-hybridized carbons (Fsp3) is 0.833. The second-order valence-electron chi connectivity index (χ2n) is 4.91. The van der Waals surface area contributed by atoms with Crippen LogP contribution in [0.15, 0.2) is 0 Å². The summed E-state index contributed by atoms with van der Waals surface area (Å²) in [5.41, 5.74) is 0. The van der Waals surface area contributed by atoms with E-state index in [-0.39, 0.29) is 12.5 Å². The zero-order valence-electron chi connectivity index (χ0n) is 11.7. The summed E-state index contributed by atoms with van der Waals surface area (Å²) in [7, 11) is 4.08. The number of carbonyl (C=O) groups is 2. The molecule has 0 aromatic carbocycles. The van der Waals surface area contributed by atoms with Gasteiger partial charge in [0.25, 0.3) is 0 Å². The van der Waals surface area contributed by atoms with Gasteiger partial charge in [0, 0.05) is 39.3 Å². The topological polar surface area (TPSA) is 73.3 Å². The highest BCUT2D eigenvalue weighted by Crippen LogP contribution is 2.02. The number of hydrogen-bond donors (Lipinski definition) is 1. The molecule has 0 unspecified atom stereocenters. The van der Waals surface area contributed by atoms with Crippen LogP contribution in [0, 0.1) is 0 Å². The molecule has 1 N–H and O–H groups in total. The molecule has 1 aliphatic rings. The number of carboxylic acid groups (broad SMARTS) is 1. The largest absolute Gasteiger partial charge is 0.480 e. The first-order chi connectivity index (χ1) is 8.99. The van der Waals surface area contributed by atoms with Crippen LogP contribution in [-0.2, 0) is 14.3 Å². The van der Waals surface area contributed by atoms with E-state index in [1.807, 2.05) is 14.1 Å². The number of piperazine rings is 1. The molecule has 0 aromatic rings. The minimum atomic E-state index is -1.05. The highest BCUT2D eigenvalue weighted by atomic mass is 16.5. The molecule has 1 amide bonds. The number of nitrogens with zero attached hydrogens (tertiary/aromatic N) is 3. The van der Waals surface area contributed by atoms with Gasteiger partial charge in [0.2, 0.25) is 5.91 Å². The summed E-state index contributed by atoms with van der Waals surface area (Å²) in [4.78, 5) is 28.2. The van der Waals surface area contributed by atoms with Gasteiger partial charge in [-0.3, -0.25) is 9.69 Å². The summed E-state index contributed by atoms with van der Waals surface area (Å²) in [6.45, 7) is 4.53. The predicted octanol–water partition coefficient (Wildman–Crippen LogP) is -1.21. The Morgan fingerprint density at radius 2 is 1.79 bits per heavy atom. The number of carboxylic acids is 1. The molecule has 0 bridgehead atoms. The summed E-state index contributed by atoms with van der Waals surface area (Å²) in [5.74, 6) is -1.19. The van der Waals surface area contributed by atoms with Gasteiger partial charge in [0.05, 0.1) is 0 Å². The van der Waals surface area contributed by atoms with E-state index in [0.29, 0.717) is 13.1 Å². The number of amides is 1. The van der Waals surface area contributed by atoms with Gasteiger partial charge in [0.1, 0.15) is 13.2 Å².